The Morgan fingerprint density at radius 1 is 1.05 bits per heavy atom. The number of methoxy groups -OCH3 is 1. The molecule has 4 amide bonds. The molecule has 4 rings (SSSR count). The molecule has 12 heteroatoms. The number of hydrogen-bond acceptors (Lipinski definition) is 9. The van der Waals surface area contributed by atoms with Crippen LogP contribution in [0.4, 0.5) is 9.93 Å². The Kier molecular flexibility index (Phi) is 10.2. The summed E-state index contributed by atoms with van der Waals surface area (Å²) in [6.45, 7) is 4.89. The van der Waals surface area contributed by atoms with Gasteiger partial charge in [0.15, 0.2) is 10.9 Å². The molecule has 1 aliphatic heterocycles. The average molecular weight is 581 g/mol. The van der Waals surface area contributed by atoms with Gasteiger partial charge in [-0.25, -0.2) is 14.7 Å². The smallest absolute Gasteiger partial charge is 0.325 e. The lowest BCUT2D eigenvalue weighted by atomic mass is 9.91. The number of Topliss-reactive ketones (excluding diaryl/α,β-unsaturated/α-hetero) is 1. The van der Waals surface area contributed by atoms with Gasteiger partial charge in [-0.05, 0) is 23.3 Å². The third-order valence-electron chi connectivity index (χ3n) is 6.55. The minimum Gasteiger partial charge on any atom is -0.491 e. The lowest BCUT2D eigenvalue weighted by molar-refractivity contribution is -0.134. The van der Waals surface area contributed by atoms with Gasteiger partial charge in [0.05, 0.1) is 19.8 Å². The molecule has 2 N–H and O–H groups in total. The molecule has 1 unspecified atom stereocenters. The van der Waals surface area contributed by atoms with Crippen molar-refractivity contribution < 1.29 is 33.4 Å². The van der Waals surface area contributed by atoms with Gasteiger partial charge in [-0.15, -0.1) is 11.3 Å². The number of urea groups is 1. The molecule has 1 saturated heterocycles. The summed E-state index contributed by atoms with van der Waals surface area (Å²) in [5, 5.41) is 7.15. The van der Waals surface area contributed by atoms with Gasteiger partial charge in [-0.2, -0.15) is 0 Å². The van der Waals surface area contributed by atoms with Crippen molar-refractivity contribution in [3.8, 4) is 5.75 Å². The molecule has 0 bridgehead atoms. The molecule has 2 aromatic carbocycles. The van der Waals surface area contributed by atoms with E-state index >= 15 is 0 Å². The summed E-state index contributed by atoms with van der Waals surface area (Å²) in [4.78, 5) is 57.3. The maximum Gasteiger partial charge on any atom is 0.325 e. The predicted molar refractivity (Wildman–Crippen MR) is 152 cm³/mol. The second-order valence-electron chi connectivity index (χ2n) is 9.34. The summed E-state index contributed by atoms with van der Waals surface area (Å²) in [7, 11) is 1.60. The van der Waals surface area contributed by atoms with Crippen LogP contribution in [0.1, 0.15) is 47.4 Å². The first kappa shape index (κ1) is 29.8. The molecule has 3 atom stereocenters. The molecule has 1 aliphatic rings. The quantitative estimate of drug-likeness (QED) is 0.167. The standard InChI is InChI=1S/C29H32N4O7S/c1-18(20-7-5-4-6-8-20)25(26(35)32-28-30-23(17-41-28)19(2)34)33-27(36)24(31-29(33)37)21-9-11-22(12-10-21)40-16-15-39-14-13-38-3/h4-12,17-18,24-25H,13-16H2,1-3H3,(H,31,37)(H,30,32,35)/t18-,24?,25-/m0/s1. The van der Waals surface area contributed by atoms with Crippen LogP contribution in [0.2, 0.25) is 0 Å². The Hall–Kier alpha value is -4.13. The summed E-state index contributed by atoms with van der Waals surface area (Å²) in [6, 6.07) is 13.1. The number of rotatable bonds is 14. The summed E-state index contributed by atoms with van der Waals surface area (Å²) in [6.07, 6.45) is 0. The Labute approximate surface area is 241 Å². The summed E-state index contributed by atoms with van der Waals surface area (Å²) in [5.41, 5.74) is 1.54. The van der Waals surface area contributed by atoms with E-state index in [0.717, 1.165) is 21.8 Å². The van der Waals surface area contributed by atoms with Crippen LogP contribution in [-0.2, 0) is 19.1 Å². The number of thiazole rings is 1. The number of hydrogen-bond donors (Lipinski definition) is 2. The molecule has 3 aromatic rings. The van der Waals surface area contributed by atoms with Gasteiger partial charge in [0.25, 0.3) is 5.91 Å². The summed E-state index contributed by atoms with van der Waals surface area (Å²) < 4.78 is 16.0. The second-order valence-corrected chi connectivity index (χ2v) is 10.2. The van der Waals surface area contributed by atoms with Crippen LogP contribution in [0.3, 0.4) is 0 Å². The van der Waals surface area contributed by atoms with Gasteiger partial charge in [0.2, 0.25) is 5.91 Å². The van der Waals surface area contributed by atoms with Gasteiger partial charge in [-0.1, -0.05) is 49.4 Å². The van der Waals surface area contributed by atoms with E-state index < -0.39 is 35.8 Å². The van der Waals surface area contributed by atoms with Crippen molar-refractivity contribution in [1.29, 1.82) is 0 Å². The van der Waals surface area contributed by atoms with Crippen molar-refractivity contribution in [2.24, 2.45) is 0 Å². The minimum atomic E-state index is -1.18. The van der Waals surface area contributed by atoms with E-state index in [-0.39, 0.29) is 16.6 Å². The van der Waals surface area contributed by atoms with Gasteiger partial charge in [0, 0.05) is 25.3 Å². The zero-order valence-electron chi connectivity index (χ0n) is 23.0. The molecule has 0 radical (unpaired) electrons. The number of carbonyl (C=O) groups excluding carboxylic acids is 4. The van der Waals surface area contributed by atoms with Crippen molar-refractivity contribution in [2.45, 2.75) is 31.8 Å². The van der Waals surface area contributed by atoms with Crippen LogP contribution in [0, 0.1) is 0 Å². The predicted octanol–water partition coefficient (Wildman–Crippen LogP) is 3.79. The van der Waals surface area contributed by atoms with Crippen molar-refractivity contribution in [1.82, 2.24) is 15.2 Å². The third kappa shape index (κ3) is 7.34. The fourth-order valence-electron chi connectivity index (χ4n) is 4.38. The number of amides is 4. The van der Waals surface area contributed by atoms with Crippen LogP contribution in [0.5, 0.6) is 5.75 Å². The highest BCUT2D eigenvalue weighted by molar-refractivity contribution is 7.14. The first-order valence-corrected chi connectivity index (χ1v) is 13.9. The molecule has 0 saturated carbocycles. The Morgan fingerprint density at radius 2 is 1.76 bits per heavy atom. The molecule has 2 heterocycles. The highest BCUT2D eigenvalue weighted by Gasteiger charge is 2.47. The molecule has 11 nitrogen and oxygen atoms in total. The molecule has 41 heavy (non-hydrogen) atoms. The van der Waals surface area contributed by atoms with E-state index in [0.29, 0.717) is 37.7 Å². The monoisotopic (exact) mass is 580 g/mol. The first-order chi connectivity index (χ1) is 19.8. The number of ketones is 1. The lowest BCUT2D eigenvalue weighted by Gasteiger charge is -2.29. The number of aromatic nitrogens is 1. The summed E-state index contributed by atoms with van der Waals surface area (Å²) in [5.74, 6) is -1.34. The SMILES string of the molecule is COCCOCCOc1ccc(C2NC(=O)N([C@H](C(=O)Nc3nc(C(C)=O)cs3)[C@@H](C)c3ccccc3)C2=O)cc1. The van der Waals surface area contributed by atoms with Crippen molar-refractivity contribution in [3.05, 3.63) is 76.8 Å². The lowest BCUT2D eigenvalue weighted by Crippen LogP contribution is -2.50. The number of anilines is 1. The van der Waals surface area contributed by atoms with Crippen LogP contribution in [0.25, 0.3) is 0 Å². The van der Waals surface area contributed by atoms with Gasteiger partial charge >= 0.3 is 6.03 Å². The Balaban J connectivity index is 1.51. The highest BCUT2D eigenvalue weighted by Crippen LogP contribution is 2.32. The number of nitrogens with one attached hydrogen (secondary N) is 2. The molecule has 216 valence electrons. The van der Waals surface area contributed by atoms with Crippen molar-refractivity contribution in [2.75, 3.05) is 38.9 Å². The largest absolute Gasteiger partial charge is 0.491 e. The van der Waals surface area contributed by atoms with Crippen LogP contribution in [-0.4, -0.2) is 73.1 Å². The number of carbonyl (C=O) groups is 4. The maximum absolute atomic E-state index is 13.7. The van der Waals surface area contributed by atoms with E-state index in [2.05, 4.69) is 15.6 Å². The van der Waals surface area contributed by atoms with E-state index in [1.54, 1.807) is 43.7 Å². The fraction of sp³-hybridized carbons (Fsp3) is 0.345. The number of benzene rings is 2. The molecule has 1 aromatic heterocycles. The van der Waals surface area contributed by atoms with Crippen LogP contribution < -0.4 is 15.4 Å². The third-order valence-corrected chi connectivity index (χ3v) is 7.31. The molecule has 0 aliphatic carbocycles. The van der Waals surface area contributed by atoms with Gasteiger partial charge in [0.1, 0.15) is 30.1 Å². The van der Waals surface area contributed by atoms with E-state index in [1.165, 1.54) is 6.92 Å². The normalized spacial score (nSPS) is 16.3. The summed E-state index contributed by atoms with van der Waals surface area (Å²) >= 11 is 1.09. The fourth-order valence-corrected chi connectivity index (χ4v) is 5.13. The molecular weight excluding hydrogens is 548 g/mol. The van der Waals surface area contributed by atoms with E-state index in [1.807, 2.05) is 30.3 Å². The van der Waals surface area contributed by atoms with Gasteiger partial charge in [-0.3, -0.25) is 14.4 Å². The minimum absolute atomic E-state index is 0.203. The number of ether oxygens (including phenoxy) is 3. The molecule has 0 spiro atoms. The van der Waals surface area contributed by atoms with Crippen LogP contribution in [0.15, 0.2) is 60.0 Å². The Bertz CT molecular complexity index is 1360. The second kappa shape index (κ2) is 14.0. The van der Waals surface area contributed by atoms with Gasteiger partial charge < -0.3 is 24.8 Å². The average Bonchev–Trinajstić information content (AvgIpc) is 3.56. The maximum atomic E-state index is 13.7. The molecular formula is C29H32N4O7S. The zero-order valence-corrected chi connectivity index (χ0v) is 23.8. The zero-order chi connectivity index (χ0) is 29.4. The topological polar surface area (TPSA) is 136 Å². The molecule has 1 fully saturated rings. The van der Waals surface area contributed by atoms with E-state index in [4.69, 9.17) is 14.2 Å². The first-order valence-electron chi connectivity index (χ1n) is 13.1. The highest BCUT2D eigenvalue weighted by atomic mass is 32.1. The van der Waals surface area contributed by atoms with Crippen molar-refractivity contribution >= 4 is 40.1 Å². The number of nitrogens with zero attached hydrogens (tertiary/aromatic N) is 2. The Morgan fingerprint density at radius 3 is 2.41 bits per heavy atom. The van der Waals surface area contributed by atoms with Crippen LogP contribution >= 0.6 is 11.3 Å². The van der Waals surface area contributed by atoms with E-state index in [9.17, 15) is 19.2 Å². The van der Waals surface area contributed by atoms with Crippen molar-refractivity contribution in [3.63, 3.8) is 0 Å². The number of imide groups is 1.